The van der Waals surface area contributed by atoms with Gasteiger partial charge in [-0.15, -0.1) is 0 Å². The fourth-order valence-corrected chi connectivity index (χ4v) is 4.06. The van der Waals surface area contributed by atoms with Crippen molar-refractivity contribution in [1.29, 1.82) is 0 Å². The first-order valence-electron chi connectivity index (χ1n) is 8.80. The Bertz CT molecular complexity index is 670. The number of amides is 1. The molecular weight excluding hydrogens is 397 g/mol. The van der Waals surface area contributed by atoms with Crippen LogP contribution in [0.5, 0.6) is 0 Å². The summed E-state index contributed by atoms with van der Waals surface area (Å²) in [5, 5.41) is 30.4. The minimum Gasteiger partial charge on any atom is -0.394 e. The summed E-state index contributed by atoms with van der Waals surface area (Å²) in [4.78, 5) is 14.8. The van der Waals surface area contributed by atoms with E-state index in [2.05, 4.69) is 0 Å². The van der Waals surface area contributed by atoms with Crippen LogP contribution in [0.2, 0.25) is 10.0 Å². The van der Waals surface area contributed by atoms with Gasteiger partial charge in [0, 0.05) is 29.3 Å². The highest BCUT2D eigenvalue weighted by Gasteiger charge is 2.46. The molecule has 1 aliphatic carbocycles. The standard InChI is InChI=1S/C18H23Cl2NO6/c1-26-15-7-14(24)16(8-22)27-17(15)18(25)21(12-2-3-13(12)23)11-5-9(19)4-10(20)6-11/h4-6,12-17,22-24H,2-3,7-8H2,1H3/t12-,13-,14?,15?,16?,17?/m0/s1. The average molecular weight is 420 g/mol. The van der Waals surface area contributed by atoms with Gasteiger partial charge in [0.2, 0.25) is 0 Å². The predicted molar refractivity (Wildman–Crippen MR) is 100 cm³/mol. The Balaban J connectivity index is 1.94. The lowest BCUT2D eigenvalue weighted by Gasteiger charge is -2.45. The van der Waals surface area contributed by atoms with E-state index in [4.69, 9.17) is 32.7 Å². The van der Waals surface area contributed by atoms with Crippen LogP contribution in [0.1, 0.15) is 19.3 Å². The van der Waals surface area contributed by atoms with Gasteiger partial charge in [-0.05, 0) is 31.0 Å². The van der Waals surface area contributed by atoms with Crippen molar-refractivity contribution >= 4 is 34.8 Å². The third-order valence-corrected chi connectivity index (χ3v) is 5.62. The molecule has 0 aromatic heterocycles. The van der Waals surface area contributed by atoms with E-state index < -0.39 is 49.1 Å². The van der Waals surface area contributed by atoms with Gasteiger partial charge in [0.1, 0.15) is 6.10 Å². The van der Waals surface area contributed by atoms with Gasteiger partial charge >= 0.3 is 0 Å². The van der Waals surface area contributed by atoms with E-state index in [9.17, 15) is 20.1 Å². The van der Waals surface area contributed by atoms with Crippen LogP contribution in [0.3, 0.4) is 0 Å². The number of halogens is 2. The summed E-state index contributed by atoms with van der Waals surface area (Å²) in [6, 6.07) is 4.31. The van der Waals surface area contributed by atoms with Crippen molar-refractivity contribution in [3.63, 3.8) is 0 Å². The fourth-order valence-electron chi connectivity index (χ4n) is 3.55. The summed E-state index contributed by atoms with van der Waals surface area (Å²) in [7, 11) is 1.43. The summed E-state index contributed by atoms with van der Waals surface area (Å²) in [5.41, 5.74) is 0.450. The molecule has 3 N–H and O–H groups in total. The second kappa shape index (κ2) is 8.61. The Morgan fingerprint density at radius 2 is 1.89 bits per heavy atom. The van der Waals surface area contributed by atoms with Gasteiger partial charge in [-0.1, -0.05) is 23.2 Å². The molecule has 2 fully saturated rings. The molecule has 150 valence electrons. The summed E-state index contributed by atoms with van der Waals surface area (Å²) < 4.78 is 11.0. The third kappa shape index (κ3) is 4.24. The van der Waals surface area contributed by atoms with E-state index >= 15 is 0 Å². The minimum atomic E-state index is -1.04. The molecule has 4 unspecified atom stereocenters. The zero-order valence-electron chi connectivity index (χ0n) is 14.8. The third-order valence-electron chi connectivity index (χ3n) is 5.19. The molecule has 1 saturated carbocycles. The molecule has 0 spiro atoms. The van der Waals surface area contributed by atoms with Gasteiger partial charge in [0.25, 0.3) is 5.91 Å². The van der Waals surface area contributed by atoms with Crippen molar-refractivity contribution in [2.45, 2.75) is 55.8 Å². The van der Waals surface area contributed by atoms with E-state index in [1.54, 1.807) is 18.2 Å². The summed E-state index contributed by atoms with van der Waals surface area (Å²) in [6.07, 6.45) is -2.88. The number of carbonyl (C=O) groups excluding carboxylic acids is 1. The largest absolute Gasteiger partial charge is 0.394 e. The molecule has 0 radical (unpaired) electrons. The van der Waals surface area contributed by atoms with Gasteiger partial charge < -0.3 is 29.7 Å². The van der Waals surface area contributed by atoms with Crippen molar-refractivity contribution < 1.29 is 29.6 Å². The van der Waals surface area contributed by atoms with Gasteiger partial charge in [-0.3, -0.25) is 4.79 Å². The molecule has 1 heterocycles. The molecule has 9 heteroatoms. The maximum Gasteiger partial charge on any atom is 0.259 e. The monoisotopic (exact) mass is 419 g/mol. The summed E-state index contributed by atoms with van der Waals surface area (Å²) in [5.74, 6) is -0.436. The normalized spacial score (nSPS) is 33.4. The maximum absolute atomic E-state index is 13.4. The van der Waals surface area contributed by atoms with Gasteiger partial charge in [0.15, 0.2) is 6.10 Å². The Kier molecular flexibility index (Phi) is 6.63. The van der Waals surface area contributed by atoms with Crippen LogP contribution in [-0.2, 0) is 14.3 Å². The number of benzene rings is 1. The molecule has 27 heavy (non-hydrogen) atoms. The highest BCUT2D eigenvalue weighted by Crippen LogP contribution is 2.35. The van der Waals surface area contributed by atoms with E-state index in [1.165, 1.54) is 12.0 Å². The number of anilines is 1. The van der Waals surface area contributed by atoms with Gasteiger partial charge in [-0.25, -0.2) is 0 Å². The number of nitrogens with zero attached hydrogens (tertiary/aromatic N) is 1. The van der Waals surface area contributed by atoms with Crippen molar-refractivity contribution in [1.82, 2.24) is 0 Å². The first kappa shape index (κ1) is 20.8. The summed E-state index contributed by atoms with van der Waals surface area (Å²) in [6.45, 7) is -0.420. The Morgan fingerprint density at radius 3 is 2.37 bits per heavy atom. The lowest BCUT2D eigenvalue weighted by Crippen LogP contribution is -2.61. The van der Waals surface area contributed by atoms with Gasteiger partial charge in [0.05, 0.1) is 31.0 Å². The number of rotatable bonds is 5. The molecule has 1 aromatic rings. The van der Waals surface area contributed by atoms with E-state index in [0.29, 0.717) is 28.6 Å². The number of methoxy groups -OCH3 is 1. The molecule has 3 rings (SSSR count). The van der Waals surface area contributed by atoms with Crippen molar-refractivity contribution in [3.8, 4) is 0 Å². The number of hydrogen-bond donors (Lipinski definition) is 3. The van der Waals surface area contributed by atoms with E-state index in [0.717, 1.165) is 0 Å². The number of aliphatic hydroxyl groups is 3. The molecule has 1 aliphatic heterocycles. The average Bonchev–Trinajstić information content (AvgIpc) is 2.62. The second-order valence-corrected chi connectivity index (χ2v) is 7.78. The number of aliphatic hydroxyl groups excluding tert-OH is 3. The number of carbonyl (C=O) groups is 1. The molecular formula is C18H23Cl2NO6. The number of ether oxygens (including phenoxy) is 2. The van der Waals surface area contributed by atoms with Crippen LogP contribution >= 0.6 is 23.2 Å². The van der Waals surface area contributed by atoms with Crippen LogP contribution in [-0.4, -0.2) is 71.5 Å². The SMILES string of the molecule is COC1CC(O)C(CO)OC1C(=O)N(c1cc(Cl)cc(Cl)c1)[C@H]1CC[C@@H]1O. The highest BCUT2D eigenvalue weighted by atomic mass is 35.5. The smallest absolute Gasteiger partial charge is 0.259 e. The zero-order valence-corrected chi connectivity index (χ0v) is 16.3. The van der Waals surface area contributed by atoms with Crippen molar-refractivity contribution in [2.75, 3.05) is 18.6 Å². The topological polar surface area (TPSA) is 99.5 Å². The molecule has 7 nitrogen and oxygen atoms in total. The van der Waals surface area contributed by atoms with E-state index in [-0.39, 0.29) is 6.42 Å². The molecule has 6 atom stereocenters. The zero-order chi connectivity index (χ0) is 19.7. The Morgan fingerprint density at radius 1 is 1.22 bits per heavy atom. The number of hydrogen-bond acceptors (Lipinski definition) is 6. The van der Waals surface area contributed by atoms with Crippen LogP contribution in [0.4, 0.5) is 5.69 Å². The lowest BCUT2D eigenvalue weighted by molar-refractivity contribution is -0.191. The highest BCUT2D eigenvalue weighted by molar-refractivity contribution is 6.35. The first-order chi connectivity index (χ1) is 12.8. The molecule has 2 aliphatic rings. The van der Waals surface area contributed by atoms with E-state index in [1.807, 2.05) is 0 Å². The first-order valence-corrected chi connectivity index (χ1v) is 9.55. The van der Waals surface area contributed by atoms with Gasteiger partial charge in [-0.2, -0.15) is 0 Å². The second-order valence-electron chi connectivity index (χ2n) is 6.90. The Labute approximate surface area is 167 Å². The predicted octanol–water partition coefficient (Wildman–Crippen LogP) is 1.38. The van der Waals surface area contributed by atoms with Crippen LogP contribution in [0.25, 0.3) is 0 Å². The van der Waals surface area contributed by atoms with Crippen LogP contribution in [0, 0.1) is 0 Å². The van der Waals surface area contributed by atoms with Crippen LogP contribution in [0.15, 0.2) is 18.2 Å². The molecule has 1 amide bonds. The molecule has 1 saturated heterocycles. The summed E-state index contributed by atoms with van der Waals surface area (Å²) >= 11 is 12.2. The lowest BCUT2D eigenvalue weighted by atomic mass is 9.86. The maximum atomic E-state index is 13.4. The van der Waals surface area contributed by atoms with Crippen molar-refractivity contribution in [3.05, 3.63) is 28.2 Å². The Hall–Kier alpha value is -0.930. The quantitative estimate of drug-likeness (QED) is 0.666. The molecule has 0 bridgehead atoms. The fraction of sp³-hybridized carbons (Fsp3) is 0.611. The minimum absolute atomic E-state index is 0.148. The van der Waals surface area contributed by atoms with Crippen molar-refractivity contribution in [2.24, 2.45) is 0 Å². The molecule has 1 aromatic carbocycles. The van der Waals surface area contributed by atoms with Crippen LogP contribution < -0.4 is 4.90 Å².